The molecule has 2 aromatic rings. The maximum absolute atomic E-state index is 12.3. The van der Waals surface area contributed by atoms with Crippen LogP contribution >= 0.6 is 0 Å². The normalized spacial score (nSPS) is 11.6. The molecule has 0 aliphatic rings. The second-order valence-electron chi connectivity index (χ2n) is 6.20. The fraction of sp³-hybridized carbons (Fsp3) is 0.263. The first-order valence-corrected chi connectivity index (χ1v) is 8.39. The van der Waals surface area contributed by atoms with E-state index in [0.717, 1.165) is 0 Å². The average molecular weight is 371 g/mol. The van der Waals surface area contributed by atoms with Gasteiger partial charge in [-0.05, 0) is 31.2 Å². The minimum atomic E-state index is -0.958. The van der Waals surface area contributed by atoms with Gasteiger partial charge in [0.2, 0.25) is 5.91 Å². The second-order valence-corrected chi connectivity index (χ2v) is 6.20. The molecule has 142 valence electrons. The Morgan fingerprint density at radius 3 is 2.15 bits per heavy atom. The number of hydrogen-bond donors (Lipinski definition) is 2. The molecule has 0 saturated heterocycles. The van der Waals surface area contributed by atoms with Crippen molar-refractivity contribution in [2.45, 2.75) is 26.9 Å². The monoisotopic (exact) mass is 371 g/mol. The molecule has 1 atom stereocenters. The maximum atomic E-state index is 12.3. The standard InChI is InChI=1S/C19H21N3O5/c1-12(2)18(23)20-14-7-6-8-15(11-14)21-19(24)13(3)27-17-10-5-4-9-16(17)22(25)26/h4-13H,1-3H3,(H,20,23)(H,21,24). The molecule has 0 radical (unpaired) electrons. The summed E-state index contributed by atoms with van der Waals surface area (Å²) < 4.78 is 5.44. The highest BCUT2D eigenvalue weighted by Gasteiger charge is 2.20. The van der Waals surface area contributed by atoms with E-state index in [1.54, 1.807) is 44.2 Å². The number of para-hydroxylation sites is 2. The molecule has 2 N–H and O–H groups in total. The van der Waals surface area contributed by atoms with Gasteiger partial charge in [-0.15, -0.1) is 0 Å². The Bertz CT molecular complexity index is 851. The van der Waals surface area contributed by atoms with Crippen molar-refractivity contribution in [3.8, 4) is 5.75 Å². The number of hydrogen-bond acceptors (Lipinski definition) is 5. The number of amides is 2. The van der Waals surface area contributed by atoms with Gasteiger partial charge in [-0.25, -0.2) is 0 Å². The molecule has 2 amide bonds. The van der Waals surface area contributed by atoms with Crippen LogP contribution in [0.5, 0.6) is 5.75 Å². The van der Waals surface area contributed by atoms with Gasteiger partial charge in [0.1, 0.15) is 0 Å². The van der Waals surface area contributed by atoms with Crippen molar-refractivity contribution in [1.29, 1.82) is 0 Å². The molecule has 0 spiro atoms. The molecule has 0 aromatic heterocycles. The summed E-state index contributed by atoms with van der Waals surface area (Å²) in [6.45, 7) is 5.06. The molecule has 0 aliphatic heterocycles. The first-order chi connectivity index (χ1) is 12.8. The number of rotatable bonds is 7. The third-order valence-electron chi connectivity index (χ3n) is 3.66. The Balaban J connectivity index is 2.05. The van der Waals surface area contributed by atoms with Crippen molar-refractivity contribution < 1.29 is 19.2 Å². The third kappa shape index (κ3) is 5.53. The van der Waals surface area contributed by atoms with E-state index in [-0.39, 0.29) is 23.3 Å². The lowest BCUT2D eigenvalue weighted by Gasteiger charge is -2.15. The van der Waals surface area contributed by atoms with Crippen LogP contribution in [0.25, 0.3) is 0 Å². The quantitative estimate of drug-likeness (QED) is 0.571. The number of nitro benzene ring substituents is 1. The number of carbonyl (C=O) groups is 2. The summed E-state index contributed by atoms with van der Waals surface area (Å²) in [4.78, 5) is 34.6. The zero-order valence-corrected chi connectivity index (χ0v) is 15.3. The predicted octanol–water partition coefficient (Wildman–Crippen LogP) is 3.60. The van der Waals surface area contributed by atoms with E-state index in [0.29, 0.717) is 11.4 Å². The largest absolute Gasteiger partial charge is 0.474 e. The molecule has 8 nitrogen and oxygen atoms in total. The molecule has 0 heterocycles. The van der Waals surface area contributed by atoms with Gasteiger partial charge in [-0.2, -0.15) is 0 Å². The van der Waals surface area contributed by atoms with Gasteiger partial charge in [0, 0.05) is 23.4 Å². The molecule has 2 rings (SSSR count). The molecule has 27 heavy (non-hydrogen) atoms. The zero-order chi connectivity index (χ0) is 20.0. The minimum Gasteiger partial charge on any atom is -0.474 e. The van der Waals surface area contributed by atoms with Crippen molar-refractivity contribution >= 4 is 28.9 Å². The molecule has 0 aliphatic carbocycles. The van der Waals surface area contributed by atoms with Crippen LogP contribution in [0.4, 0.5) is 17.1 Å². The van der Waals surface area contributed by atoms with Gasteiger partial charge in [0.25, 0.3) is 5.91 Å². The molecule has 2 aromatic carbocycles. The van der Waals surface area contributed by atoms with E-state index < -0.39 is 16.9 Å². The van der Waals surface area contributed by atoms with Crippen molar-refractivity contribution in [3.63, 3.8) is 0 Å². The molecule has 0 fully saturated rings. The van der Waals surface area contributed by atoms with Crippen molar-refractivity contribution in [1.82, 2.24) is 0 Å². The Morgan fingerprint density at radius 1 is 0.963 bits per heavy atom. The summed E-state index contributed by atoms with van der Waals surface area (Å²) in [5, 5.41) is 16.4. The Labute approximate surface area is 156 Å². The van der Waals surface area contributed by atoms with Gasteiger partial charge < -0.3 is 15.4 Å². The van der Waals surface area contributed by atoms with Crippen LogP contribution in [0, 0.1) is 16.0 Å². The number of benzene rings is 2. The van der Waals surface area contributed by atoms with E-state index in [1.165, 1.54) is 25.1 Å². The first-order valence-electron chi connectivity index (χ1n) is 8.39. The van der Waals surface area contributed by atoms with Crippen LogP contribution in [-0.4, -0.2) is 22.8 Å². The number of ether oxygens (including phenoxy) is 1. The summed E-state index contributed by atoms with van der Waals surface area (Å²) in [6, 6.07) is 12.5. The third-order valence-corrected chi connectivity index (χ3v) is 3.66. The maximum Gasteiger partial charge on any atom is 0.310 e. The highest BCUT2D eigenvalue weighted by molar-refractivity contribution is 5.96. The van der Waals surface area contributed by atoms with E-state index in [4.69, 9.17) is 4.74 Å². The summed E-state index contributed by atoms with van der Waals surface area (Å²) in [5.41, 5.74) is 0.814. The lowest BCUT2D eigenvalue weighted by atomic mass is 10.2. The van der Waals surface area contributed by atoms with Gasteiger partial charge >= 0.3 is 5.69 Å². The lowest BCUT2D eigenvalue weighted by Crippen LogP contribution is -2.30. The number of nitrogens with zero attached hydrogens (tertiary/aromatic N) is 1. The fourth-order valence-corrected chi connectivity index (χ4v) is 2.16. The zero-order valence-electron chi connectivity index (χ0n) is 15.3. The summed E-state index contributed by atoms with van der Waals surface area (Å²) >= 11 is 0. The van der Waals surface area contributed by atoms with Crippen molar-refractivity contribution in [2.75, 3.05) is 10.6 Å². The van der Waals surface area contributed by atoms with E-state index in [9.17, 15) is 19.7 Å². The Kier molecular flexibility index (Phi) is 6.48. The summed E-state index contributed by atoms with van der Waals surface area (Å²) in [6.07, 6.45) is -0.958. The highest BCUT2D eigenvalue weighted by atomic mass is 16.6. The number of anilines is 2. The molecule has 8 heteroatoms. The number of nitrogens with one attached hydrogen (secondary N) is 2. The smallest absolute Gasteiger partial charge is 0.310 e. The minimum absolute atomic E-state index is 0.0168. The van der Waals surface area contributed by atoms with Crippen LogP contribution in [0.1, 0.15) is 20.8 Å². The summed E-state index contributed by atoms with van der Waals surface area (Å²) in [7, 11) is 0. The van der Waals surface area contributed by atoms with Gasteiger partial charge in [0.05, 0.1) is 4.92 Å². The molecule has 0 saturated carbocycles. The SMILES string of the molecule is CC(C)C(=O)Nc1cccc(NC(=O)C(C)Oc2ccccc2[N+](=O)[O-])c1. The molecular weight excluding hydrogens is 350 g/mol. The average Bonchev–Trinajstić information content (AvgIpc) is 2.62. The first kappa shape index (κ1) is 19.9. The van der Waals surface area contributed by atoms with Crippen LogP contribution in [-0.2, 0) is 9.59 Å². The highest BCUT2D eigenvalue weighted by Crippen LogP contribution is 2.27. The predicted molar refractivity (Wildman–Crippen MR) is 102 cm³/mol. The van der Waals surface area contributed by atoms with E-state index >= 15 is 0 Å². The molecule has 1 unspecified atom stereocenters. The Hall–Kier alpha value is -3.42. The van der Waals surface area contributed by atoms with Crippen LogP contribution in [0.15, 0.2) is 48.5 Å². The fourth-order valence-electron chi connectivity index (χ4n) is 2.16. The molecular formula is C19H21N3O5. The summed E-state index contributed by atoms with van der Waals surface area (Å²) in [5.74, 6) is -0.756. The molecule has 0 bridgehead atoms. The van der Waals surface area contributed by atoms with Crippen LogP contribution in [0.2, 0.25) is 0 Å². The topological polar surface area (TPSA) is 111 Å². The van der Waals surface area contributed by atoms with E-state index in [1.807, 2.05) is 0 Å². The van der Waals surface area contributed by atoms with Gasteiger partial charge in [0.15, 0.2) is 11.9 Å². The van der Waals surface area contributed by atoms with Crippen molar-refractivity contribution in [3.05, 3.63) is 58.6 Å². The van der Waals surface area contributed by atoms with Crippen LogP contribution < -0.4 is 15.4 Å². The van der Waals surface area contributed by atoms with E-state index in [2.05, 4.69) is 10.6 Å². The Morgan fingerprint density at radius 2 is 1.56 bits per heavy atom. The number of carbonyl (C=O) groups excluding carboxylic acids is 2. The van der Waals surface area contributed by atoms with Gasteiger partial charge in [-0.3, -0.25) is 19.7 Å². The van der Waals surface area contributed by atoms with Gasteiger partial charge in [-0.1, -0.05) is 32.0 Å². The van der Waals surface area contributed by atoms with Crippen LogP contribution in [0.3, 0.4) is 0 Å². The van der Waals surface area contributed by atoms with Crippen molar-refractivity contribution in [2.24, 2.45) is 5.92 Å². The number of nitro groups is 1. The lowest BCUT2D eigenvalue weighted by molar-refractivity contribution is -0.386. The second kappa shape index (κ2) is 8.79.